The van der Waals surface area contributed by atoms with Crippen molar-refractivity contribution >= 4 is 17.6 Å². The Morgan fingerprint density at radius 2 is 2.10 bits per heavy atom. The summed E-state index contributed by atoms with van der Waals surface area (Å²) in [6.07, 6.45) is 2.89. The van der Waals surface area contributed by atoms with E-state index in [0.29, 0.717) is 30.0 Å². The Morgan fingerprint density at radius 3 is 2.76 bits per heavy atom. The highest BCUT2D eigenvalue weighted by atomic mass is 16.4. The lowest BCUT2D eigenvalue weighted by atomic mass is 9.96. The van der Waals surface area contributed by atoms with Crippen LogP contribution >= 0.6 is 0 Å². The average molecular weight is 285 g/mol. The van der Waals surface area contributed by atoms with Crippen LogP contribution in [-0.4, -0.2) is 23.5 Å². The van der Waals surface area contributed by atoms with Gasteiger partial charge in [-0.3, -0.25) is 4.79 Å². The van der Waals surface area contributed by atoms with Crippen molar-refractivity contribution in [3.05, 3.63) is 53.0 Å². The maximum atomic E-state index is 12.6. The van der Waals surface area contributed by atoms with E-state index in [1.807, 2.05) is 6.92 Å². The van der Waals surface area contributed by atoms with Crippen molar-refractivity contribution in [1.29, 1.82) is 0 Å². The van der Waals surface area contributed by atoms with Crippen LogP contribution in [0.25, 0.3) is 0 Å². The topological polar surface area (TPSA) is 70.8 Å². The van der Waals surface area contributed by atoms with Crippen molar-refractivity contribution in [3.63, 3.8) is 0 Å². The van der Waals surface area contributed by atoms with Crippen LogP contribution in [0.15, 0.2) is 34.9 Å². The highest BCUT2D eigenvalue weighted by molar-refractivity contribution is 6.06. The first-order valence-electron chi connectivity index (χ1n) is 6.80. The van der Waals surface area contributed by atoms with Gasteiger partial charge in [-0.25, -0.2) is 4.79 Å². The van der Waals surface area contributed by atoms with Crippen LogP contribution in [-0.2, 0) is 6.42 Å². The number of carbonyl (C=O) groups excluding carboxylic acids is 1. The van der Waals surface area contributed by atoms with E-state index in [1.54, 1.807) is 29.2 Å². The molecule has 3 rings (SSSR count). The average Bonchev–Trinajstić information content (AvgIpc) is 2.91. The number of nitrogens with zero attached hydrogens (tertiary/aromatic N) is 1. The largest absolute Gasteiger partial charge is 0.478 e. The van der Waals surface area contributed by atoms with Crippen molar-refractivity contribution < 1.29 is 19.1 Å². The van der Waals surface area contributed by atoms with Crippen molar-refractivity contribution in [1.82, 2.24) is 0 Å². The minimum absolute atomic E-state index is 0.221. The molecule has 5 heteroatoms. The zero-order valence-electron chi connectivity index (χ0n) is 11.6. The lowest BCUT2D eigenvalue weighted by Crippen LogP contribution is -2.36. The Labute approximate surface area is 121 Å². The highest BCUT2D eigenvalue weighted by Gasteiger charge is 2.28. The number of amides is 1. The van der Waals surface area contributed by atoms with Crippen LogP contribution in [0.2, 0.25) is 0 Å². The summed E-state index contributed by atoms with van der Waals surface area (Å²) in [6, 6.07) is 6.78. The fourth-order valence-corrected chi connectivity index (χ4v) is 2.75. The van der Waals surface area contributed by atoms with E-state index in [-0.39, 0.29) is 11.5 Å². The number of carboxylic acid groups (broad SMARTS) is 1. The molecule has 1 amide bonds. The summed E-state index contributed by atoms with van der Waals surface area (Å²) in [5.74, 6) is -0.875. The SMILES string of the molecule is Cc1ccoc1C(=O)N1CCCc2c(C(=O)O)cccc21. The second-order valence-electron chi connectivity index (χ2n) is 5.10. The van der Waals surface area contributed by atoms with Gasteiger partial charge in [0.15, 0.2) is 5.76 Å². The second-order valence-corrected chi connectivity index (χ2v) is 5.10. The van der Waals surface area contributed by atoms with Gasteiger partial charge in [-0.05, 0) is 43.5 Å². The van der Waals surface area contributed by atoms with E-state index >= 15 is 0 Å². The number of hydrogen-bond acceptors (Lipinski definition) is 3. The molecule has 0 spiro atoms. The molecule has 0 radical (unpaired) electrons. The first-order chi connectivity index (χ1) is 10.1. The Hall–Kier alpha value is -2.56. The Balaban J connectivity index is 2.05. The van der Waals surface area contributed by atoms with Gasteiger partial charge in [-0.2, -0.15) is 0 Å². The Bertz CT molecular complexity index is 717. The number of rotatable bonds is 2. The van der Waals surface area contributed by atoms with Crippen molar-refractivity contribution in [2.75, 3.05) is 11.4 Å². The summed E-state index contributed by atoms with van der Waals surface area (Å²) in [5, 5.41) is 9.27. The van der Waals surface area contributed by atoms with Gasteiger partial charge < -0.3 is 14.4 Å². The summed E-state index contributed by atoms with van der Waals surface area (Å²) in [6.45, 7) is 2.38. The third-order valence-corrected chi connectivity index (χ3v) is 3.78. The molecule has 108 valence electrons. The molecule has 5 nitrogen and oxygen atoms in total. The first kappa shape index (κ1) is 13.4. The van der Waals surface area contributed by atoms with Crippen LogP contribution in [0.5, 0.6) is 0 Å². The fraction of sp³-hybridized carbons (Fsp3) is 0.250. The predicted octanol–water partition coefficient (Wildman–Crippen LogP) is 2.88. The van der Waals surface area contributed by atoms with Crippen LogP contribution in [0.1, 0.15) is 38.5 Å². The van der Waals surface area contributed by atoms with E-state index in [9.17, 15) is 14.7 Å². The number of aromatic carboxylic acids is 1. The van der Waals surface area contributed by atoms with Crippen LogP contribution in [0.4, 0.5) is 5.69 Å². The second kappa shape index (κ2) is 5.09. The summed E-state index contributed by atoms with van der Waals surface area (Å²) in [4.78, 5) is 25.5. The summed E-state index contributed by atoms with van der Waals surface area (Å²) in [7, 11) is 0. The molecule has 1 aliphatic rings. The molecule has 2 heterocycles. The van der Waals surface area contributed by atoms with Crippen LogP contribution < -0.4 is 4.90 Å². The van der Waals surface area contributed by atoms with Gasteiger partial charge in [0.25, 0.3) is 5.91 Å². The smallest absolute Gasteiger partial charge is 0.336 e. The van der Waals surface area contributed by atoms with Crippen molar-refractivity contribution in [2.24, 2.45) is 0 Å². The van der Waals surface area contributed by atoms with Crippen molar-refractivity contribution in [2.45, 2.75) is 19.8 Å². The molecule has 1 aromatic heterocycles. The lowest BCUT2D eigenvalue weighted by molar-refractivity contribution is 0.0695. The van der Waals surface area contributed by atoms with Gasteiger partial charge in [0.2, 0.25) is 0 Å². The monoisotopic (exact) mass is 285 g/mol. The lowest BCUT2D eigenvalue weighted by Gasteiger charge is -2.29. The van der Waals surface area contributed by atoms with Crippen LogP contribution in [0, 0.1) is 6.92 Å². The molecule has 0 bridgehead atoms. The van der Waals surface area contributed by atoms with Crippen LogP contribution in [0.3, 0.4) is 0 Å². The molecule has 1 aromatic carbocycles. The number of carbonyl (C=O) groups is 2. The van der Waals surface area contributed by atoms with Gasteiger partial charge >= 0.3 is 5.97 Å². The highest BCUT2D eigenvalue weighted by Crippen LogP contribution is 2.31. The predicted molar refractivity (Wildman–Crippen MR) is 76.8 cm³/mol. The quantitative estimate of drug-likeness (QED) is 0.921. The molecule has 0 saturated carbocycles. The summed E-state index contributed by atoms with van der Waals surface area (Å²) < 4.78 is 5.26. The standard InChI is InChI=1S/C16H15NO4/c1-10-7-9-21-14(10)15(18)17-8-3-5-11-12(16(19)20)4-2-6-13(11)17/h2,4,6-7,9H,3,5,8H2,1H3,(H,19,20). The first-order valence-corrected chi connectivity index (χ1v) is 6.80. The van der Waals surface area contributed by atoms with Gasteiger partial charge in [0.1, 0.15) is 0 Å². The third-order valence-electron chi connectivity index (χ3n) is 3.78. The zero-order valence-corrected chi connectivity index (χ0v) is 11.6. The minimum atomic E-state index is -0.963. The molecule has 2 aromatic rings. The van der Waals surface area contributed by atoms with Gasteiger partial charge in [0, 0.05) is 17.8 Å². The molecule has 1 N–H and O–H groups in total. The molecule has 0 atom stereocenters. The fourth-order valence-electron chi connectivity index (χ4n) is 2.75. The normalized spacial score (nSPS) is 13.9. The van der Waals surface area contributed by atoms with E-state index < -0.39 is 5.97 Å². The summed E-state index contributed by atoms with van der Waals surface area (Å²) >= 11 is 0. The number of carboxylic acids is 1. The summed E-state index contributed by atoms with van der Waals surface area (Å²) in [5.41, 5.74) is 2.43. The Kier molecular flexibility index (Phi) is 3.25. The Morgan fingerprint density at radius 1 is 1.29 bits per heavy atom. The third kappa shape index (κ3) is 2.20. The molecule has 0 fully saturated rings. The van der Waals surface area contributed by atoms with Gasteiger partial charge in [-0.15, -0.1) is 0 Å². The number of hydrogen-bond donors (Lipinski definition) is 1. The number of benzene rings is 1. The number of fused-ring (bicyclic) bond motifs is 1. The maximum Gasteiger partial charge on any atom is 0.336 e. The molecule has 21 heavy (non-hydrogen) atoms. The molecular formula is C16H15NO4. The molecule has 0 saturated heterocycles. The number of furan rings is 1. The molecule has 1 aliphatic heterocycles. The molecular weight excluding hydrogens is 270 g/mol. The van der Waals surface area contributed by atoms with E-state index in [1.165, 1.54) is 6.26 Å². The van der Waals surface area contributed by atoms with E-state index in [4.69, 9.17) is 4.42 Å². The van der Waals surface area contributed by atoms with E-state index in [0.717, 1.165) is 12.0 Å². The number of anilines is 1. The minimum Gasteiger partial charge on any atom is -0.478 e. The zero-order chi connectivity index (χ0) is 15.0. The van der Waals surface area contributed by atoms with Gasteiger partial charge in [-0.1, -0.05) is 6.07 Å². The maximum absolute atomic E-state index is 12.6. The number of aryl methyl sites for hydroxylation is 1. The van der Waals surface area contributed by atoms with Gasteiger partial charge in [0.05, 0.1) is 11.8 Å². The van der Waals surface area contributed by atoms with E-state index in [2.05, 4.69) is 0 Å². The van der Waals surface area contributed by atoms with Crippen molar-refractivity contribution in [3.8, 4) is 0 Å². The molecule has 0 unspecified atom stereocenters. The molecule has 0 aliphatic carbocycles.